The number of nitrogens with zero attached hydrogens (tertiary/aromatic N) is 1. The van der Waals surface area contributed by atoms with Gasteiger partial charge in [0.2, 0.25) is 5.79 Å². The van der Waals surface area contributed by atoms with Gasteiger partial charge in [-0.1, -0.05) is 0 Å². The minimum atomic E-state index is -1.63. The van der Waals surface area contributed by atoms with E-state index in [9.17, 15) is 19.8 Å². The third kappa shape index (κ3) is 2.14. The maximum atomic E-state index is 11.9. The largest absolute Gasteiger partial charge is 0.391 e. The molecule has 116 valence electrons. The standard InChI is InChI=1S/C12H16N2O7/c1-6-4-14(11(18)13-9(6)17)10-7-8(16)12(5-15,21-10)20-3-2-19-7/h4,7-8,10,15-16H,2-3,5H2,1H3,(H,13,17,18)/t7-,8+,10-,12-/m1/s1. The lowest BCUT2D eigenvalue weighted by molar-refractivity contribution is -0.284. The van der Waals surface area contributed by atoms with Crippen LogP contribution in [0.1, 0.15) is 11.8 Å². The predicted octanol–water partition coefficient (Wildman–Crippen LogP) is -2.16. The second-order valence-corrected chi connectivity index (χ2v) is 5.09. The maximum Gasteiger partial charge on any atom is 0.330 e. The van der Waals surface area contributed by atoms with Crippen LogP contribution in [0.4, 0.5) is 0 Å². The summed E-state index contributed by atoms with van der Waals surface area (Å²) in [5, 5.41) is 19.7. The number of hydrogen-bond donors (Lipinski definition) is 3. The summed E-state index contributed by atoms with van der Waals surface area (Å²) >= 11 is 0. The zero-order valence-corrected chi connectivity index (χ0v) is 11.3. The van der Waals surface area contributed by atoms with E-state index in [0.29, 0.717) is 5.56 Å². The number of aromatic nitrogens is 2. The van der Waals surface area contributed by atoms with Gasteiger partial charge in [-0.05, 0) is 6.92 Å². The number of H-pyrrole nitrogens is 1. The van der Waals surface area contributed by atoms with Crippen molar-refractivity contribution in [1.29, 1.82) is 0 Å². The van der Waals surface area contributed by atoms with Crippen molar-refractivity contribution in [2.45, 2.75) is 31.1 Å². The van der Waals surface area contributed by atoms with Crippen LogP contribution in [0.25, 0.3) is 0 Å². The lowest BCUT2D eigenvalue weighted by Gasteiger charge is -2.29. The summed E-state index contributed by atoms with van der Waals surface area (Å²) in [5.41, 5.74) is -0.874. The van der Waals surface area contributed by atoms with Crippen molar-refractivity contribution in [3.8, 4) is 0 Å². The van der Waals surface area contributed by atoms with Crippen molar-refractivity contribution >= 4 is 0 Å². The number of rotatable bonds is 2. The van der Waals surface area contributed by atoms with Crippen molar-refractivity contribution in [3.63, 3.8) is 0 Å². The molecule has 9 nitrogen and oxygen atoms in total. The smallest absolute Gasteiger partial charge is 0.330 e. The molecule has 0 spiro atoms. The van der Waals surface area contributed by atoms with Crippen LogP contribution in [0, 0.1) is 6.92 Å². The number of aliphatic hydroxyl groups excluding tert-OH is 2. The molecule has 0 aromatic carbocycles. The fraction of sp³-hybridized carbons (Fsp3) is 0.667. The van der Waals surface area contributed by atoms with Crippen molar-refractivity contribution < 1.29 is 24.4 Å². The maximum absolute atomic E-state index is 11.9. The highest BCUT2D eigenvalue weighted by Crippen LogP contribution is 2.40. The molecule has 21 heavy (non-hydrogen) atoms. The molecular weight excluding hydrogens is 284 g/mol. The van der Waals surface area contributed by atoms with Gasteiger partial charge >= 0.3 is 5.69 Å². The van der Waals surface area contributed by atoms with Crippen LogP contribution in [-0.4, -0.2) is 57.6 Å². The van der Waals surface area contributed by atoms with E-state index < -0.39 is 42.1 Å². The SMILES string of the molecule is Cc1cn([C@@H]2O[C@@]3(CO)OCCO[C@@H]2[C@@H]3O)c(=O)[nH]c1=O. The Hall–Kier alpha value is -1.52. The van der Waals surface area contributed by atoms with E-state index in [1.807, 2.05) is 0 Å². The normalized spacial score (nSPS) is 35.7. The highest BCUT2D eigenvalue weighted by molar-refractivity contribution is 5.04. The molecule has 2 fully saturated rings. The van der Waals surface area contributed by atoms with Crippen LogP contribution in [0.5, 0.6) is 0 Å². The molecule has 1 aromatic rings. The Morgan fingerprint density at radius 2 is 2.24 bits per heavy atom. The number of aromatic amines is 1. The molecule has 0 saturated carbocycles. The van der Waals surface area contributed by atoms with Gasteiger partial charge in [0.15, 0.2) is 6.23 Å². The van der Waals surface area contributed by atoms with Crippen LogP contribution in [0.2, 0.25) is 0 Å². The average Bonchev–Trinajstić information content (AvgIpc) is 2.59. The minimum absolute atomic E-state index is 0.153. The highest BCUT2D eigenvalue weighted by Gasteiger charge is 2.58. The summed E-state index contributed by atoms with van der Waals surface area (Å²) in [4.78, 5) is 25.5. The Morgan fingerprint density at radius 1 is 1.48 bits per heavy atom. The van der Waals surface area contributed by atoms with Gasteiger partial charge in [0.05, 0.1) is 13.2 Å². The molecule has 2 saturated heterocycles. The Kier molecular flexibility index (Phi) is 3.46. The third-order valence-corrected chi connectivity index (χ3v) is 3.74. The van der Waals surface area contributed by atoms with Crippen molar-refractivity contribution in [1.82, 2.24) is 9.55 Å². The molecule has 4 atom stereocenters. The first-order chi connectivity index (χ1) is 9.98. The lowest BCUT2D eigenvalue weighted by Crippen LogP contribution is -2.47. The van der Waals surface area contributed by atoms with Gasteiger partial charge in [-0.25, -0.2) is 4.79 Å². The number of aryl methyl sites for hydroxylation is 1. The molecule has 2 aliphatic rings. The summed E-state index contributed by atoms with van der Waals surface area (Å²) in [6.07, 6.45) is -1.82. The zero-order chi connectivity index (χ0) is 15.2. The Morgan fingerprint density at radius 3 is 2.95 bits per heavy atom. The monoisotopic (exact) mass is 300 g/mol. The molecule has 1 aromatic heterocycles. The summed E-state index contributed by atoms with van der Waals surface area (Å²) in [5.74, 6) is -1.63. The molecule has 2 aliphatic heterocycles. The van der Waals surface area contributed by atoms with Crippen molar-refractivity contribution in [3.05, 3.63) is 32.6 Å². The van der Waals surface area contributed by atoms with Crippen LogP contribution in [0.15, 0.2) is 15.8 Å². The molecule has 0 amide bonds. The van der Waals surface area contributed by atoms with E-state index in [0.717, 1.165) is 4.57 Å². The molecule has 3 heterocycles. The molecule has 3 N–H and O–H groups in total. The second kappa shape index (κ2) is 5.04. The van der Waals surface area contributed by atoms with E-state index in [2.05, 4.69) is 4.98 Å². The van der Waals surface area contributed by atoms with Gasteiger partial charge in [-0.2, -0.15) is 0 Å². The van der Waals surface area contributed by atoms with Gasteiger partial charge in [0.1, 0.15) is 18.8 Å². The van der Waals surface area contributed by atoms with Gasteiger partial charge in [0, 0.05) is 11.8 Å². The number of nitrogens with one attached hydrogen (secondary N) is 1. The summed E-state index contributed by atoms with van der Waals surface area (Å²) in [7, 11) is 0. The Bertz CT molecular complexity index is 654. The van der Waals surface area contributed by atoms with E-state index in [1.54, 1.807) is 0 Å². The topological polar surface area (TPSA) is 123 Å². The molecule has 0 radical (unpaired) electrons. The van der Waals surface area contributed by atoms with E-state index >= 15 is 0 Å². The fourth-order valence-electron chi connectivity index (χ4n) is 2.61. The van der Waals surface area contributed by atoms with Crippen molar-refractivity contribution in [2.24, 2.45) is 0 Å². The predicted molar refractivity (Wildman–Crippen MR) is 67.7 cm³/mol. The van der Waals surface area contributed by atoms with Gasteiger partial charge in [0.25, 0.3) is 5.56 Å². The number of aliphatic hydroxyl groups is 2. The van der Waals surface area contributed by atoms with Crippen LogP contribution < -0.4 is 11.2 Å². The zero-order valence-electron chi connectivity index (χ0n) is 11.3. The van der Waals surface area contributed by atoms with Gasteiger partial charge in [-0.3, -0.25) is 14.3 Å². The van der Waals surface area contributed by atoms with E-state index in [-0.39, 0.29) is 13.2 Å². The summed E-state index contributed by atoms with van der Waals surface area (Å²) < 4.78 is 17.5. The second-order valence-electron chi connectivity index (χ2n) is 5.09. The molecule has 0 aliphatic carbocycles. The van der Waals surface area contributed by atoms with Crippen LogP contribution in [0.3, 0.4) is 0 Å². The summed E-state index contributed by atoms with van der Waals surface area (Å²) in [6, 6.07) is 0. The molecule has 2 bridgehead atoms. The quantitative estimate of drug-likeness (QED) is 0.568. The Balaban J connectivity index is 2.06. The first kappa shape index (κ1) is 14.4. The number of fused-ring (bicyclic) bond motifs is 2. The van der Waals surface area contributed by atoms with Crippen LogP contribution in [-0.2, 0) is 14.2 Å². The first-order valence-corrected chi connectivity index (χ1v) is 6.53. The van der Waals surface area contributed by atoms with Gasteiger partial charge < -0.3 is 24.4 Å². The first-order valence-electron chi connectivity index (χ1n) is 6.53. The fourth-order valence-corrected chi connectivity index (χ4v) is 2.61. The molecule has 3 rings (SSSR count). The summed E-state index contributed by atoms with van der Waals surface area (Å²) in [6.45, 7) is 1.31. The Labute approximate surface area is 118 Å². The number of hydrogen-bond acceptors (Lipinski definition) is 7. The van der Waals surface area contributed by atoms with Crippen LogP contribution >= 0.6 is 0 Å². The minimum Gasteiger partial charge on any atom is -0.391 e. The number of ether oxygens (including phenoxy) is 3. The average molecular weight is 300 g/mol. The lowest BCUT2D eigenvalue weighted by atomic mass is 10.1. The highest BCUT2D eigenvalue weighted by atomic mass is 16.8. The molecular formula is C12H16N2O7. The molecule has 9 heteroatoms. The van der Waals surface area contributed by atoms with Gasteiger partial charge in [-0.15, -0.1) is 0 Å². The van der Waals surface area contributed by atoms with Crippen molar-refractivity contribution in [2.75, 3.05) is 19.8 Å². The van der Waals surface area contributed by atoms with E-state index in [4.69, 9.17) is 14.2 Å². The van der Waals surface area contributed by atoms with E-state index in [1.165, 1.54) is 13.1 Å². The third-order valence-electron chi connectivity index (χ3n) is 3.74. The molecule has 0 unspecified atom stereocenters.